The first-order valence-electron chi connectivity index (χ1n) is 6.64. The van der Waals surface area contributed by atoms with Crippen LogP contribution in [0.5, 0.6) is 0 Å². The van der Waals surface area contributed by atoms with Crippen molar-refractivity contribution in [3.63, 3.8) is 0 Å². The van der Waals surface area contributed by atoms with E-state index in [0.717, 1.165) is 21.3 Å². The van der Waals surface area contributed by atoms with E-state index in [1.807, 2.05) is 37.3 Å². The van der Waals surface area contributed by atoms with E-state index in [9.17, 15) is 4.79 Å². The highest BCUT2D eigenvalue weighted by Gasteiger charge is 2.10. The van der Waals surface area contributed by atoms with Crippen molar-refractivity contribution in [2.75, 3.05) is 5.32 Å². The van der Waals surface area contributed by atoms with Crippen LogP contribution in [0.15, 0.2) is 42.5 Å². The number of thiazole rings is 1. The molecule has 0 bridgehead atoms. The van der Waals surface area contributed by atoms with E-state index in [2.05, 4.69) is 10.3 Å². The number of hydrogen-bond acceptors (Lipinski definition) is 4. The molecule has 0 radical (unpaired) electrons. The molecule has 0 aliphatic heterocycles. The Morgan fingerprint density at radius 3 is 2.67 bits per heavy atom. The van der Waals surface area contributed by atoms with Gasteiger partial charge in [0, 0.05) is 12.1 Å². The monoisotopic (exact) mass is 297 g/mol. The van der Waals surface area contributed by atoms with Crippen molar-refractivity contribution < 1.29 is 4.79 Å². The molecule has 2 aromatic carbocycles. The maximum absolute atomic E-state index is 12.2. The highest BCUT2D eigenvalue weighted by molar-refractivity contribution is 7.22. The molecule has 4 nitrogen and oxygen atoms in total. The van der Waals surface area contributed by atoms with Crippen LogP contribution in [0.25, 0.3) is 10.2 Å². The Balaban J connectivity index is 1.83. The van der Waals surface area contributed by atoms with Gasteiger partial charge in [-0.15, -0.1) is 0 Å². The lowest BCUT2D eigenvalue weighted by molar-refractivity contribution is 0.102. The van der Waals surface area contributed by atoms with E-state index in [0.29, 0.717) is 17.2 Å². The molecule has 0 aliphatic rings. The van der Waals surface area contributed by atoms with E-state index in [4.69, 9.17) is 5.73 Å². The first kappa shape index (κ1) is 13.7. The molecule has 106 valence electrons. The van der Waals surface area contributed by atoms with Crippen molar-refractivity contribution in [3.8, 4) is 0 Å². The summed E-state index contributed by atoms with van der Waals surface area (Å²) >= 11 is 1.48. The lowest BCUT2D eigenvalue weighted by Gasteiger charge is -2.02. The van der Waals surface area contributed by atoms with Gasteiger partial charge in [0.25, 0.3) is 5.91 Å². The number of amides is 1. The molecule has 0 unspecified atom stereocenters. The van der Waals surface area contributed by atoms with E-state index >= 15 is 0 Å². The minimum absolute atomic E-state index is 0.157. The second kappa shape index (κ2) is 5.63. The summed E-state index contributed by atoms with van der Waals surface area (Å²) in [7, 11) is 0. The van der Waals surface area contributed by atoms with Gasteiger partial charge in [-0.3, -0.25) is 10.1 Å². The Kier molecular flexibility index (Phi) is 3.68. The first-order valence-corrected chi connectivity index (χ1v) is 7.45. The van der Waals surface area contributed by atoms with Gasteiger partial charge in [-0.1, -0.05) is 35.6 Å². The highest BCUT2D eigenvalue weighted by Crippen LogP contribution is 2.28. The van der Waals surface area contributed by atoms with E-state index in [1.54, 1.807) is 12.1 Å². The fourth-order valence-electron chi connectivity index (χ4n) is 2.10. The third-order valence-electron chi connectivity index (χ3n) is 3.29. The molecule has 0 fully saturated rings. The molecule has 1 amide bonds. The van der Waals surface area contributed by atoms with Gasteiger partial charge in [0.15, 0.2) is 5.13 Å². The Bertz CT molecular complexity index is 793. The fourth-order valence-corrected chi connectivity index (χ4v) is 3.04. The topological polar surface area (TPSA) is 68.0 Å². The molecular formula is C16H15N3OS. The Hall–Kier alpha value is -2.24. The standard InChI is InChI=1S/C16H15N3OS/c1-10-3-2-4-13-14(10)18-16(21-13)19-15(20)12-7-5-11(9-17)6-8-12/h2-8H,9,17H2,1H3,(H,18,19,20). The number of nitrogens with zero attached hydrogens (tertiary/aromatic N) is 1. The van der Waals surface area contributed by atoms with Crippen molar-refractivity contribution in [1.29, 1.82) is 0 Å². The molecule has 1 aromatic heterocycles. The lowest BCUT2D eigenvalue weighted by Crippen LogP contribution is -2.11. The fraction of sp³-hybridized carbons (Fsp3) is 0.125. The van der Waals surface area contributed by atoms with Crippen molar-refractivity contribution in [2.45, 2.75) is 13.5 Å². The summed E-state index contributed by atoms with van der Waals surface area (Å²) in [6, 6.07) is 13.3. The van der Waals surface area contributed by atoms with Crippen molar-refractivity contribution in [1.82, 2.24) is 4.98 Å². The Labute approximate surface area is 126 Å². The quantitative estimate of drug-likeness (QED) is 0.779. The summed E-state index contributed by atoms with van der Waals surface area (Å²) in [6.45, 7) is 2.48. The number of benzene rings is 2. The average Bonchev–Trinajstić information content (AvgIpc) is 2.91. The van der Waals surface area contributed by atoms with Crippen LogP contribution in [-0.4, -0.2) is 10.9 Å². The number of anilines is 1. The first-order chi connectivity index (χ1) is 10.2. The van der Waals surface area contributed by atoms with Gasteiger partial charge < -0.3 is 5.73 Å². The van der Waals surface area contributed by atoms with E-state index in [1.165, 1.54) is 11.3 Å². The van der Waals surface area contributed by atoms with Crippen LogP contribution in [0.1, 0.15) is 21.5 Å². The SMILES string of the molecule is Cc1cccc2sc(NC(=O)c3ccc(CN)cc3)nc12. The Morgan fingerprint density at radius 2 is 2.00 bits per heavy atom. The summed E-state index contributed by atoms with van der Waals surface area (Å²) in [5.74, 6) is -0.157. The van der Waals surface area contributed by atoms with Crippen LogP contribution in [-0.2, 0) is 6.54 Å². The highest BCUT2D eigenvalue weighted by atomic mass is 32.1. The minimum atomic E-state index is -0.157. The maximum atomic E-state index is 12.2. The van der Waals surface area contributed by atoms with Gasteiger partial charge in [-0.05, 0) is 36.2 Å². The number of nitrogens with two attached hydrogens (primary N) is 1. The number of carbonyl (C=O) groups is 1. The van der Waals surface area contributed by atoms with Gasteiger partial charge >= 0.3 is 0 Å². The number of para-hydroxylation sites is 1. The molecule has 0 saturated heterocycles. The average molecular weight is 297 g/mol. The van der Waals surface area contributed by atoms with Gasteiger partial charge in [-0.25, -0.2) is 4.98 Å². The Morgan fingerprint density at radius 1 is 1.24 bits per heavy atom. The van der Waals surface area contributed by atoms with Crippen molar-refractivity contribution >= 4 is 32.6 Å². The number of aryl methyl sites for hydroxylation is 1. The lowest BCUT2D eigenvalue weighted by atomic mass is 10.1. The summed E-state index contributed by atoms with van der Waals surface area (Å²) < 4.78 is 1.07. The summed E-state index contributed by atoms with van der Waals surface area (Å²) in [6.07, 6.45) is 0. The van der Waals surface area contributed by atoms with Crippen LogP contribution in [0.3, 0.4) is 0 Å². The molecule has 3 aromatic rings. The molecule has 5 heteroatoms. The number of hydrogen-bond donors (Lipinski definition) is 2. The molecule has 3 rings (SSSR count). The van der Waals surface area contributed by atoms with Gasteiger partial charge in [0.05, 0.1) is 10.2 Å². The molecular weight excluding hydrogens is 282 g/mol. The van der Waals surface area contributed by atoms with Gasteiger partial charge in [0.2, 0.25) is 0 Å². The molecule has 0 aliphatic carbocycles. The van der Waals surface area contributed by atoms with Crippen molar-refractivity contribution in [3.05, 3.63) is 59.2 Å². The zero-order valence-electron chi connectivity index (χ0n) is 11.6. The number of aromatic nitrogens is 1. The van der Waals surface area contributed by atoms with Crippen LogP contribution in [0, 0.1) is 6.92 Å². The molecule has 0 spiro atoms. The predicted octanol–water partition coefficient (Wildman–Crippen LogP) is 3.32. The van der Waals surface area contributed by atoms with Crippen LogP contribution in [0.4, 0.5) is 5.13 Å². The zero-order valence-corrected chi connectivity index (χ0v) is 12.4. The predicted molar refractivity (Wildman–Crippen MR) is 86.6 cm³/mol. The van der Waals surface area contributed by atoms with Crippen LogP contribution in [0.2, 0.25) is 0 Å². The third kappa shape index (κ3) is 2.79. The molecule has 21 heavy (non-hydrogen) atoms. The largest absolute Gasteiger partial charge is 0.326 e. The third-order valence-corrected chi connectivity index (χ3v) is 4.23. The minimum Gasteiger partial charge on any atom is -0.326 e. The van der Waals surface area contributed by atoms with Crippen molar-refractivity contribution in [2.24, 2.45) is 5.73 Å². The number of fused-ring (bicyclic) bond motifs is 1. The summed E-state index contributed by atoms with van der Waals surface area (Å²) in [5.41, 5.74) is 9.20. The number of rotatable bonds is 3. The normalized spacial score (nSPS) is 10.8. The van der Waals surface area contributed by atoms with Gasteiger partial charge in [-0.2, -0.15) is 0 Å². The number of nitrogens with one attached hydrogen (secondary N) is 1. The van der Waals surface area contributed by atoms with E-state index < -0.39 is 0 Å². The smallest absolute Gasteiger partial charge is 0.257 e. The van der Waals surface area contributed by atoms with Gasteiger partial charge in [0.1, 0.15) is 0 Å². The van der Waals surface area contributed by atoms with Crippen LogP contribution >= 0.6 is 11.3 Å². The number of carbonyl (C=O) groups excluding carboxylic acids is 1. The second-order valence-corrected chi connectivity index (χ2v) is 5.83. The molecule has 3 N–H and O–H groups in total. The van der Waals surface area contributed by atoms with Crippen LogP contribution < -0.4 is 11.1 Å². The molecule has 0 atom stereocenters. The summed E-state index contributed by atoms with van der Waals surface area (Å²) in [4.78, 5) is 16.7. The maximum Gasteiger partial charge on any atom is 0.257 e. The molecule has 1 heterocycles. The van der Waals surface area contributed by atoms with E-state index in [-0.39, 0.29) is 5.91 Å². The summed E-state index contributed by atoms with van der Waals surface area (Å²) in [5, 5.41) is 3.47. The second-order valence-electron chi connectivity index (χ2n) is 4.80. The zero-order chi connectivity index (χ0) is 14.8. The molecule has 0 saturated carbocycles.